The molecule has 1 aromatic heterocycles. The van der Waals surface area contributed by atoms with Crippen LogP contribution >= 0.6 is 11.3 Å². The van der Waals surface area contributed by atoms with Gasteiger partial charge >= 0.3 is 5.97 Å². The maximum absolute atomic E-state index is 12.1. The van der Waals surface area contributed by atoms with Gasteiger partial charge in [0, 0.05) is 16.7 Å². The molecule has 0 radical (unpaired) electrons. The average Bonchev–Trinajstić information content (AvgIpc) is 2.73. The van der Waals surface area contributed by atoms with Crippen LogP contribution in [0.3, 0.4) is 0 Å². The molecular formula is C13H19NO3S2. The van der Waals surface area contributed by atoms with Crippen LogP contribution in [0.25, 0.3) is 0 Å². The number of carbonyl (C=O) groups is 1. The molecule has 0 spiro atoms. The molecule has 0 amide bonds. The standard InChI is InChI=1S/C13H19NO3S2/c1-9(2)7-14-19(17)13(3,4)6-11-5-10(8-18-11)12(15)16/h5,7-9H,6H2,1-4H3,(H,15,16)/b14-7+/t19-/m1/s1. The molecule has 4 nitrogen and oxygen atoms in total. The number of carboxylic acids is 1. The zero-order valence-corrected chi connectivity index (χ0v) is 13.2. The highest BCUT2D eigenvalue weighted by Crippen LogP contribution is 2.27. The van der Waals surface area contributed by atoms with E-state index in [2.05, 4.69) is 4.40 Å². The van der Waals surface area contributed by atoms with Crippen LogP contribution in [0.2, 0.25) is 0 Å². The van der Waals surface area contributed by atoms with Crippen molar-refractivity contribution in [2.45, 2.75) is 38.9 Å². The Kier molecular flexibility index (Phi) is 5.58. The van der Waals surface area contributed by atoms with Crippen molar-refractivity contribution in [3.8, 4) is 0 Å². The topological polar surface area (TPSA) is 72.7 Å². The third-order valence-electron chi connectivity index (χ3n) is 2.43. The Labute approximate surface area is 120 Å². The molecule has 1 N–H and O–H groups in total. The van der Waals surface area contributed by atoms with Crippen LogP contribution in [0, 0.1) is 5.92 Å². The van der Waals surface area contributed by atoms with E-state index < -0.39 is 22.1 Å². The van der Waals surface area contributed by atoms with E-state index >= 15 is 0 Å². The lowest BCUT2D eigenvalue weighted by atomic mass is 10.1. The summed E-state index contributed by atoms with van der Waals surface area (Å²) < 4.78 is 15.7. The normalized spacial score (nSPS) is 14.2. The van der Waals surface area contributed by atoms with Crippen molar-refractivity contribution in [1.29, 1.82) is 0 Å². The van der Waals surface area contributed by atoms with Crippen LogP contribution in [0.15, 0.2) is 15.8 Å². The average molecular weight is 301 g/mol. The van der Waals surface area contributed by atoms with E-state index in [1.807, 2.05) is 27.7 Å². The second-order valence-corrected chi connectivity index (χ2v) is 8.10. The fraction of sp³-hybridized carbons (Fsp3) is 0.538. The van der Waals surface area contributed by atoms with E-state index in [1.165, 1.54) is 11.3 Å². The quantitative estimate of drug-likeness (QED) is 0.648. The van der Waals surface area contributed by atoms with Gasteiger partial charge in [0.05, 0.1) is 11.8 Å². The van der Waals surface area contributed by atoms with Crippen LogP contribution in [0.4, 0.5) is 0 Å². The molecule has 1 aromatic rings. The van der Waals surface area contributed by atoms with E-state index in [1.54, 1.807) is 17.7 Å². The number of rotatable bonds is 6. The molecule has 0 fully saturated rings. The first-order valence-electron chi connectivity index (χ1n) is 5.99. The van der Waals surface area contributed by atoms with Gasteiger partial charge < -0.3 is 9.66 Å². The summed E-state index contributed by atoms with van der Waals surface area (Å²) in [6.45, 7) is 7.71. The zero-order chi connectivity index (χ0) is 14.6. The van der Waals surface area contributed by atoms with Crippen molar-refractivity contribution in [2.75, 3.05) is 0 Å². The minimum absolute atomic E-state index is 0.264. The van der Waals surface area contributed by atoms with Crippen LogP contribution in [0.5, 0.6) is 0 Å². The number of aromatic carboxylic acids is 1. The third kappa shape index (κ3) is 4.97. The fourth-order valence-corrected chi connectivity index (χ4v) is 3.48. The Morgan fingerprint density at radius 1 is 1.63 bits per heavy atom. The van der Waals surface area contributed by atoms with E-state index in [4.69, 9.17) is 5.11 Å². The fourth-order valence-electron chi connectivity index (χ4n) is 1.39. The molecule has 1 rings (SSSR count). The molecule has 1 heterocycles. The largest absolute Gasteiger partial charge is 0.591 e. The van der Waals surface area contributed by atoms with Gasteiger partial charge in [-0.1, -0.05) is 18.2 Å². The van der Waals surface area contributed by atoms with E-state index in [9.17, 15) is 9.35 Å². The highest BCUT2D eigenvalue weighted by atomic mass is 32.2. The Bertz CT molecular complexity index is 466. The molecule has 0 aliphatic rings. The first-order chi connectivity index (χ1) is 8.72. The van der Waals surface area contributed by atoms with Crippen molar-refractivity contribution in [3.05, 3.63) is 21.9 Å². The van der Waals surface area contributed by atoms with Crippen LogP contribution in [0.1, 0.15) is 42.9 Å². The van der Waals surface area contributed by atoms with Gasteiger partial charge in [0.2, 0.25) is 0 Å². The minimum Gasteiger partial charge on any atom is -0.591 e. The molecule has 0 saturated heterocycles. The number of carboxylic acid groups (broad SMARTS) is 1. The monoisotopic (exact) mass is 301 g/mol. The van der Waals surface area contributed by atoms with Crippen molar-refractivity contribution in [2.24, 2.45) is 10.3 Å². The first-order valence-corrected chi connectivity index (χ1v) is 7.98. The minimum atomic E-state index is -1.32. The molecule has 0 unspecified atom stereocenters. The van der Waals surface area contributed by atoms with Gasteiger partial charge in [0.25, 0.3) is 0 Å². The molecule has 0 aromatic carbocycles. The van der Waals surface area contributed by atoms with Gasteiger partial charge in [-0.25, -0.2) is 4.79 Å². The summed E-state index contributed by atoms with van der Waals surface area (Å²) in [7, 11) is 0. The van der Waals surface area contributed by atoms with Gasteiger partial charge in [0.15, 0.2) is 4.75 Å². The Morgan fingerprint density at radius 2 is 2.26 bits per heavy atom. The van der Waals surface area contributed by atoms with Crippen LogP contribution in [-0.2, 0) is 17.8 Å². The van der Waals surface area contributed by atoms with Gasteiger partial charge in [0.1, 0.15) is 11.4 Å². The molecular weight excluding hydrogens is 282 g/mol. The number of hydrogen-bond acceptors (Lipinski definition) is 4. The van der Waals surface area contributed by atoms with E-state index in [-0.39, 0.29) is 11.5 Å². The predicted molar refractivity (Wildman–Crippen MR) is 80.5 cm³/mol. The molecule has 106 valence electrons. The highest BCUT2D eigenvalue weighted by molar-refractivity contribution is 7.91. The third-order valence-corrected chi connectivity index (χ3v) is 4.77. The highest BCUT2D eigenvalue weighted by Gasteiger charge is 2.33. The Hall–Kier alpha value is -0.850. The summed E-state index contributed by atoms with van der Waals surface area (Å²) in [5, 5.41) is 10.5. The second kappa shape index (κ2) is 6.54. The smallest absolute Gasteiger partial charge is 0.336 e. The predicted octanol–water partition coefficient (Wildman–Crippen LogP) is 3.16. The summed E-state index contributed by atoms with van der Waals surface area (Å²) in [5.74, 6) is -0.667. The molecule has 6 heteroatoms. The first kappa shape index (κ1) is 16.2. The van der Waals surface area contributed by atoms with Gasteiger partial charge in [-0.05, 0) is 25.8 Å². The molecule has 0 aliphatic carbocycles. The van der Waals surface area contributed by atoms with Crippen molar-refractivity contribution in [3.63, 3.8) is 0 Å². The Balaban J connectivity index is 2.74. The molecule has 0 bridgehead atoms. The molecule has 0 saturated carbocycles. The number of thiophene rings is 1. The lowest BCUT2D eigenvalue weighted by Gasteiger charge is -2.23. The van der Waals surface area contributed by atoms with Crippen molar-refractivity contribution in [1.82, 2.24) is 0 Å². The van der Waals surface area contributed by atoms with Gasteiger partial charge in [-0.2, -0.15) is 0 Å². The number of hydrogen-bond donors (Lipinski definition) is 1. The van der Waals surface area contributed by atoms with Gasteiger partial charge in [-0.15, -0.1) is 11.3 Å². The zero-order valence-electron chi connectivity index (χ0n) is 11.5. The second-order valence-electron chi connectivity index (χ2n) is 5.29. The van der Waals surface area contributed by atoms with Crippen LogP contribution < -0.4 is 0 Å². The maximum atomic E-state index is 12.1. The molecule has 19 heavy (non-hydrogen) atoms. The Morgan fingerprint density at radius 3 is 2.74 bits per heavy atom. The van der Waals surface area contributed by atoms with E-state index in [0.717, 1.165) is 4.88 Å². The lowest BCUT2D eigenvalue weighted by molar-refractivity contribution is 0.0697. The molecule has 0 aliphatic heterocycles. The van der Waals surface area contributed by atoms with Crippen molar-refractivity contribution >= 4 is 34.9 Å². The number of nitrogens with zero attached hydrogens (tertiary/aromatic N) is 1. The summed E-state index contributed by atoms with van der Waals surface area (Å²) in [6.07, 6.45) is 2.24. The SMILES string of the molecule is CC(C)/C=N/[S@+]([O-])C(C)(C)Cc1cc(C(=O)O)cs1. The summed E-state index contributed by atoms with van der Waals surface area (Å²) in [4.78, 5) is 11.7. The summed E-state index contributed by atoms with van der Waals surface area (Å²) in [5.41, 5.74) is 0.285. The maximum Gasteiger partial charge on any atom is 0.336 e. The summed E-state index contributed by atoms with van der Waals surface area (Å²) >= 11 is 0.0552. The van der Waals surface area contributed by atoms with Crippen molar-refractivity contribution < 1.29 is 14.5 Å². The van der Waals surface area contributed by atoms with E-state index in [0.29, 0.717) is 6.42 Å². The molecule has 1 atom stereocenters. The summed E-state index contributed by atoms with van der Waals surface area (Å²) in [6, 6.07) is 1.64. The van der Waals surface area contributed by atoms with Crippen LogP contribution in [-0.4, -0.2) is 26.6 Å². The lowest BCUT2D eigenvalue weighted by Crippen LogP contribution is -2.32. The van der Waals surface area contributed by atoms with Gasteiger partial charge in [-0.3, -0.25) is 0 Å².